The van der Waals surface area contributed by atoms with Gasteiger partial charge in [-0.15, -0.1) is 0 Å². The predicted octanol–water partition coefficient (Wildman–Crippen LogP) is 2.65. The largest absolute Gasteiger partial charge is 0.478 e. The smallest absolute Gasteiger partial charge is 0.337 e. The molecule has 0 unspecified atom stereocenters. The summed E-state index contributed by atoms with van der Waals surface area (Å²) in [6.45, 7) is 1.93. The second-order valence-electron chi connectivity index (χ2n) is 3.62. The maximum Gasteiger partial charge on any atom is 0.337 e. The minimum absolute atomic E-state index is 0.241. The van der Waals surface area contributed by atoms with Gasteiger partial charge < -0.3 is 10.4 Å². The molecule has 0 radical (unpaired) electrons. The molecule has 0 heterocycles. The molecular formula is C12H14FNO3. The molecule has 0 aliphatic heterocycles. The topological polar surface area (TPSA) is 66.4 Å². The molecule has 0 aromatic heterocycles. The fourth-order valence-corrected chi connectivity index (χ4v) is 1.37. The Morgan fingerprint density at radius 3 is 2.71 bits per heavy atom. The molecule has 0 aliphatic rings. The van der Waals surface area contributed by atoms with E-state index in [9.17, 15) is 14.0 Å². The van der Waals surface area contributed by atoms with Crippen LogP contribution in [0.2, 0.25) is 0 Å². The van der Waals surface area contributed by atoms with Crippen molar-refractivity contribution >= 4 is 17.6 Å². The molecular weight excluding hydrogens is 225 g/mol. The molecule has 0 spiro atoms. The van der Waals surface area contributed by atoms with Gasteiger partial charge >= 0.3 is 5.97 Å². The summed E-state index contributed by atoms with van der Waals surface area (Å²) < 4.78 is 13.4. The Hall–Kier alpha value is -1.91. The van der Waals surface area contributed by atoms with Crippen LogP contribution in [0.1, 0.15) is 36.5 Å². The first-order valence-corrected chi connectivity index (χ1v) is 5.38. The van der Waals surface area contributed by atoms with Crippen LogP contribution in [0.15, 0.2) is 18.2 Å². The Bertz CT molecular complexity index is 432. The van der Waals surface area contributed by atoms with Crippen molar-refractivity contribution in [3.8, 4) is 0 Å². The molecule has 2 N–H and O–H groups in total. The third-order valence-electron chi connectivity index (χ3n) is 2.27. The third kappa shape index (κ3) is 3.55. The molecule has 0 bridgehead atoms. The zero-order valence-corrected chi connectivity index (χ0v) is 9.50. The van der Waals surface area contributed by atoms with E-state index in [4.69, 9.17) is 5.11 Å². The molecule has 0 atom stereocenters. The summed E-state index contributed by atoms with van der Waals surface area (Å²) >= 11 is 0. The number of benzene rings is 1. The summed E-state index contributed by atoms with van der Waals surface area (Å²) in [6.07, 6.45) is 1.78. The fraction of sp³-hybridized carbons (Fsp3) is 0.333. The lowest BCUT2D eigenvalue weighted by molar-refractivity contribution is -0.116. The number of carbonyl (C=O) groups excluding carboxylic acids is 1. The van der Waals surface area contributed by atoms with Crippen molar-refractivity contribution in [2.45, 2.75) is 26.2 Å². The van der Waals surface area contributed by atoms with Crippen molar-refractivity contribution < 1.29 is 19.1 Å². The van der Waals surface area contributed by atoms with Gasteiger partial charge in [0, 0.05) is 6.42 Å². The van der Waals surface area contributed by atoms with Gasteiger partial charge in [-0.1, -0.05) is 19.4 Å². The van der Waals surface area contributed by atoms with E-state index in [-0.39, 0.29) is 23.6 Å². The van der Waals surface area contributed by atoms with Gasteiger partial charge in [0.2, 0.25) is 5.91 Å². The van der Waals surface area contributed by atoms with Crippen LogP contribution < -0.4 is 5.32 Å². The number of rotatable bonds is 5. The molecule has 0 aliphatic carbocycles. The fourth-order valence-electron chi connectivity index (χ4n) is 1.37. The number of aromatic carboxylic acids is 1. The molecule has 1 amide bonds. The van der Waals surface area contributed by atoms with Gasteiger partial charge in [-0.05, 0) is 18.6 Å². The number of hydrogen-bond donors (Lipinski definition) is 2. The van der Waals surface area contributed by atoms with Gasteiger partial charge in [0.15, 0.2) is 0 Å². The molecule has 0 saturated carbocycles. The normalized spacial score (nSPS) is 10.0. The average molecular weight is 239 g/mol. The molecule has 1 rings (SSSR count). The molecule has 92 valence electrons. The van der Waals surface area contributed by atoms with Crippen molar-refractivity contribution in [3.05, 3.63) is 29.6 Å². The van der Waals surface area contributed by atoms with Crippen molar-refractivity contribution in [1.82, 2.24) is 0 Å². The number of amides is 1. The first kappa shape index (κ1) is 13.2. The van der Waals surface area contributed by atoms with Gasteiger partial charge in [-0.3, -0.25) is 4.79 Å². The van der Waals surface area contributed by atoms with E-state index in [1.807, 2.05) is 6.92 Å². The summed E-state index contributed by atoms with van der Waals surface area (Å²) in [4.78, 5) is 22.3. The summed E-state index contributed by atoms with van der Waals surface area (Å²) in [6, 6.07) is 3.66. The number of carbonyl (C=O) groups is 2. The van der Waals surface area contributed by atoms with E-state index in [1.165, 1.54) is 12.1 Å². The van der Waals surface area contributed by atoms with Gasteiger partial charge in [0.05, 0.1) is 11.3 Å². The Morgan fingerprint density at radius 2 is 2.12 bits per heavy atom. The van der Waals surface area contributed by atoms with E-state index in [0.717, 1.165) is 12.5 Å². The second-order valence-corrected chi connectivity index (χ2v) is 3.62. The van der Waals surface area contributed by atoms with Crippen molar-refractivity contribution in [2.75, 3.05) is 5.32 Å². The Balaban J connectivity index is 2.89. The zero-order valence-electron chi connectivity index (χ0n) is 9.50. The molecule has 1 aromatic carbocycles. The predicted molar refractivity (Wildman–Crippen MR) is 61.5 cm³/mol. The van der Waals surface area contributed by atoms with Crippen LogP contribution in [0.25, 0.3) is 0 Å². The lowest BCUT2D eigenvalue weighted by Gasteiger charge is -2.09. The van der Waals surface area contributed by atoms with Crippen LogP contribution in [0, 0.1) is 5.82 Å². The van der Waals surface area contributed by atoms with E-state index in [0.29, 0.717) is 6.42 Å². The molecule has 17 heavy (non-hydrogen) atoms. The van der Waals surface area contributed by atoms with Gasteiger partial charge in [0.25, 0.3) is 0 Å². The molecule has 0 saturated heterocycles. The quantitative estimate of drug-likeness (QED) is 0.830. The number of hydrogen-bond acceptors (Lipinski definition) is 2. The van der Waals surface area contributed by atoms with Crippen LogP contribution in [-0.2, 0) is 4.79 Å². The van der Waals surface area contributed by atoms with E-state index in [1.54, 1.807) is 0 Å². The van der Waals surface area contributed by atoms with Crippen LogP contribution in [0.5, 0.6) is 0 Å². The maximum absolute atomic E-state index is 13.4. The second kappa shape index (κ2) is 5.98. The highest BCUT2D eigenvalue weighted by Gasteiger charge is 2.15. The van der Waals surface area contributed by atoms with Gasteiger partial charge in [-0.25, -0.2) is 9.18 Å². The molecule has 1 aromatic rings. The van der Waals surface area contributed by atoms with Crippen LogP contribution in [-0.4, -0.2) is 17.0 Å². The maximum atomic E-state index is 13.4. The molecule has 0 fully saturated rings. The minimum Gasteiger partial charge on any atom is -0.478 e. The lowest BCUT2D eigenvalue weighted by atomic mass is 10.1. The Labute approximate surface area is 98.5 Å². The van der Waals surface area contributed by atoms with E-state index >= 15 is 0 Å². The number of carboxylic acids is 1. The van der Waals surface area contributed by atoms with Crippen molar-refractivity contribution in [3.63, 3.8) is 0 Å². The Kier molecular flexibility index (Phi) is 4.63. The summed E-state index contributed by atoms with van der Waals surface area (Å²) in [5.41, 5.74) is -0.504. The first-order chi connectivity index (χ1) is 8.06. The number of para-hydroxylation sites is 1. The average Bonchev–Trinajstić information content (AvgIpc) is 2.28. The highest BCUT2D eigenvalue weighted by Crippen LogP contribution is 2.20. The van der Waals surface area contributed by atoms with Crippen molar-refractivity contribution in [2.24, 2.45) is 0 Å². The number of carboxylic acid groups (broad SMARTS) is 1. The number of unbranched alkanes of at least 4 members (excludes halogenated alkanes) is 1. The molecule has 5 heteroatoms. The summed E-state index contributed by atoms with van der Waals surface area (Å²) in [5.74, 6) is -2.38. The number of anilines is 1. The first-order valence-electron chi connectivity index (χ1n) is 5.38. The number of nitrogens with one attached hydrogen (secondary N) is 1. The van der Waals surface area contributed by atoms with Crippen LogP contribution in [0.4, 0.5) is 10.1 Å². The summed E-state index contributed by atoms with van der Waals surface area (Å²) in [7, 11) is 0. The van der Waals surface area contributed by atoms with Crippen LogP contribution >= 0.6 is 0 Å². The lowest BCUT2D eigenvalue weighted by Crippen LogP contribution is -2.15. The van der Waals surface area contributed by atoms with Gasteiger partial charge in [0.1, 0.15) is 5.82 Å². The highest BCUT2D eigenvalue weighted by atomic mass is 19.1. The minimum atomic E-state index is -1.27. The Morgan fingerprint density at radius 1 is 1.41 bits per heavy atom. The summed E-state index contributed by atoms with van der Waals surface area (Å²) in [5, 5.41) is 11.2. The standard InChI is InChI=1S/C12H14FNO3/c1-2-3-7-10(15)14-11-8(12(16)17)5-4-6-9(11)13/h4-6H,2-3,7H2,1H3,(H,14,15)(H,16,17). The molecule has 4 nitrogen and oxygen atoms in total. The van der Waals surface area contributed by atoms with Crippen molar-refractivity contribution in [1.29, 1.82) is 0 Å². The van der Waals surface area contributed by atoms with Crippen LogP contribution in [0.3, 0.4) is 0 Å². The van der Waals surface area contributed by atoms with E-state index < -0.39 is 11.8 Å². The zero-order chi connectivity index (χ0) is 12.8. The van der Waals surface area contributed by atoms with Gasteiger partial charge in [-0.2, -0.15) is 0 Å². The van der Waals surface area contributed by atoms with E-state index in [2.05, 4.69) is 5.32 Å². The SMILES string of the molecule is CCCCC(=O)Nc1c(F)cccc1C(=O)O. The highest BCUT2D eigenvalue weighted by molar-refractivity contribution is 6.00. The monoisotopic (exact) mass is 239 g/mol. The third-order valence-corrected chi connectivity index (χ3v) is 2.27. The number of halogens is 1.